The second kappa shape index (κ2) is 11.7. The Hall–Kier alpha value is -3.44. The van der Waals surface area contributed by atoms with Crippen LogP contribution in [0.4, 0.5) is 0 Å². The van der Waals surface area contributed by atoms with Crippen LogP contribution in [0.25, 0.3) is 17.3 Å². The van der Waals surface area contributed by atoms with E-state index in [0.29, 0.717) is 46.3 Å². The number of benzene rings is 2. The van der Waals surface area contributed by atoms with Crippen molar-refractivity contribution < 1.29 is 9.21 Å². The number of thiazole rings is 1. The molecule has 8 nitrogen and oxygen atoms in total. The average molecular weight is 577 g/mol. The number of carbonyl (C=O) groups excluding carboxylic acids is 1. The molecule has 39 heavy (non-hydrogen) atoms. The van der Waals surface area contributed by atoms with Crippen LogP contribution in [0.15, 0.2) is 87.9 Å². The van der Waals surface area contributed by atoms with E-state index in [1.807, 2.05) is 57.3 Å². The molecule has 3 aromatic heterocycles. The van der Waals surface area contributed by atoms with Gasteiger partial charge in [-0.05, 0) is 29.8 Å². The van der Waals surface area contributed by atoms with Gasteiger partial charge in [-0.15, -0.1) is 21.5 Å². The smallest absolute Gasteiger partial charge is 0.273 e. The number of halogens is 1. The monoisotopic (exact) mass is 576 g/mol. The second-order valence-electron chi connectivity index (χ2n) is 9.04. The molecule has 0 atom stereocenters. The number of piperazine rings is 1. The lowest BCUT2D eigenvalue weighted by Gasteiger charge is -2.34. The Morgan fingerprint density at radius 1 is 0.974 bits per heavy atom. The standard InChI is InChI=1S/C28H25ClN6O2S2/c29-21-9-4-5-10-23(21)35-26(24-11-6-16-37-24)31-32-28(35)39-19-25-30-22(18-38-25)27(36)34-14-12-33(13-15-34)17-20-7-2-1-3-8-20/h1-11,16,18H,12-15,17,19H2. The number of amides is 1. The highest BCUT2D eigenvalue weighted by Gasteiger charge is 2.25. The summed E-state index contributed by atoms with van der Waals surface area (Å²) in [5.41, 5.74) is 2.55. The molecule has 5 aromatic rings. The van der Waals surface area contributed by atoms with Gasteiger partial charge in [-0.1, -0.05) is 65.8 Å². The number of carbonyl (C=O) groups is 1. The molecule has 0 spiro atoms. The number of aromatic nitrogens is 4. The third-order valence-corrected chi connectivity index (χ3v) is 8.76. The summed E-state index contributed by atoms with van der Waals surface area (Å²) in [6.07, 6.45) is 1.60. The van der Waals surface area contributed by atoms with Gasteiger partial charge in [0.2, 0.25) is 5.82 Å². The first-order valence-corrected chi connectivity index (χ1v) is 14.8. The molecule has 1 saturated heterocycles. The number of furan rings is 1. The maximum absolute atomic E-state index is 13.2. The molecule has 4 heterocycles. The fraction of sp³-hybridized carbons (Fsp3) is 0.214. The molecule has 0 radical (unpaired) electrons. The molecule has 1 aliphatic rings. The number of thioether (sulfide) groups is 1. The van der Waals surface area contributed by atoms with Crippen molar-refractivity contribution in [2.24, 2.45) is 0 Å². The highest BCUT2D eigenvalue weighted by molar-refractivity contribution is 7.98. The van der Waals surface area contributed by atoms with Crippen LogP contribution in [0, 0.1) is 0 Å². The van der Waals surface area contributed by atoms with Crippen LogP contribution in [0.3, 0.4) is 0 Å². The van der Waals surface area contributed by atoms with E-state index in [1.165, 1.54) is 28.7 Å². The van der Waals surface area contributed by atoms with Crippen molar-refractivity contribution in [1.82, 2.24) is 29.5 Å². The highest BCUT2D eigenvalue weighted by Crippen LogP contribution is 2.33. The maximum Gasteiger partial charge on any atom is 0.273 e. The molecule has 0 bridgehead atoms. The van der Waals surface area contributed by atoms with Crippen LogP contribution in [0.1, 0.15) is 21.1 Å². The third-order valence-electron chi connectivity index (χ3n) is 6.47. The maximum atomic E-state index is 13.2. The Labute approximate surface area is 239 Å². The van der Waals surface area contributed by atoms with Gasteiger partial charge in [0, 0.05) is 38.1 Å². The van der Waals surface area contributed by atoms with E-state index >= 15 is 0 Å². The SMILES string of the molecule is O=C(c1csc(CSc2nnc(-c3ccco3)n2-c2ccccc2Cl)n1)N1CCN(Cc2ccccc2)CC1. The Balaban J connectivity index is 1.11. The summed E-state index contributed by atoms with van der Waals surface area (Å²) < 4.78 is 7.48. The normalized spacial score (nSPS) is 14.1. The molecule has 1 amide bonds. The zero-order valence-electron chi connectivity index (χ0n) is 20.9. The Morgan fingerprint density at radius 2 is 1.77 bits per heavy atom. The molecule has 0 aliphatic carbocycles. The number of rotatable bonds is 8. The molecule has 2 aromatic carbocycles. The van der Waals surface area contributed by atoms with Crippen LogP contribution in [0.2, 0.25) is 5.02 Å². The lowest BCUT2D eigenvalue weighted by Crippen LogP contribution is -2.48. The van der Waals surface area contributed by atoms with Gasteiger partial charge in [0.1, 0.15) is 10.7 Å². The molecule has 11 heteroatoms. The summed E-state index contributed by atoms with van der Waals surface area (Å²) in [5.74, 6) is 1.70. The lowest BCUT2D eigenvalue weighted by molar-refractivity contribution is 0.0623. The van der Waals surface area contributed by atoms with Crippen LogP contribution in [0.5, 0.6) is 0 Å². The fourth-order valence-corrected chi connectivity index (χ4v) is 6.44. The third kappa shape index (κ3) is 5.79. The number of nitrogens with zero attached hydrogens (tertiary/aromatic N) is 6. The minimum absolute atomic E-state index is 0.0128. The van der Waals surface area contributed by atoms with E-state index in [4.69, 9.17) is 16.0 Å². The predicted octanol–water partition coefficient (Wildman–Crippen LogP) is 5.89. The minimum Gasteiger partial charge on any atom is -0.461 e. The summed E-state index contributed by atoms with van der Waals surface area (Å²) in [6, 6.07) is 21.6. The van der Waals surface area contributed by atoms with Crippen LogP contribution in [-0.4, -0.2) is 61.6 Å². The molecule has 1 aliphatic heterocycles. The number of para-hydroxylation sites is 1. The van der Waals surface area contributed by atoms with Crippen molar-refractivity contribution >= 4 is 40.6 Å². The molecule has 0 saturated carbocycles. The Kier molecular flexibility index (Phi) is 7.78. The predicted molar refractivity (Wildman–Crippen MR) is 153 cm³/mol. The zero-order chi connectivity index (χ0) is 26.6. The zero-order valence-corrected chi connectivity index (χ0v) is 23.3. The molecule has 0 unspecified atom stereocenters. The highest BCUT2D eigenvalue weighted by atomic mass is 35.5. The van der Waals surface area contributed by atoms with Crippen molar-refractivity contribution in [3.63, 3.8) is 0 Å². The van der Waals surface area contributed by atoms with E-state index in [2.05, 4.69) is 44.3 Å². The molecule has 6 rings (SSSR count). The first-order chi connectivity index (χ1) is 19.2. The largest absolute Gasteiger partial charge is 0.461 e. The van der Waals surface area contributed by atoms with Crippen molar-refractivity contribution in [2.75, 3.05) is 26.2 Å². The van der Waals surface area contributed by atoms with Crippen LogP contribution < -0.4 is 0 Å². The van der Waals surface area contributed by atoms with Crippen LogP contribution >= 0.6 is 34.7 Å². The van der Waals surface area contributed by atoms with Gasteiger partial charge in [-0.3, -0.25) is 14.3 Å². The van der Waals surface area contributed by atoms with E-state index < -0.39 is 0 Å². The molecular weight excluding hydrogens is 552 g/mol. The number of hydrogen-bond donors (Lipinski definition) is 0. The lowest BCUT2D eigenvalue weighted by atomic mass is 10.2. The van der Waals surface area contributed by atoms with E-state index in [-0.39, 0.29) is 5.91 Å². The van der Waals surface area contributed by atoms with E-state index in [1.54, 1.807) is 6.26 Å². The van der Waals surface area contributed by atoms with Crippen LogP contribution in [-0.2, 0) is 12.3 Å². The molecular formula is C28H25ClN6O2S2. The summed E-state index contributed by atoms with van der Waals surface area (Å²) in [4.78, 5) is 22.1. The topological polar surface area (TPSA) is 80.3 Å². The van der Waals surface area contributed by atoms with Crippen molar-refractivity contribution in [3.8, 4) is 17.3 Å². The summed E-state index contributed by atoms with van der Waals surface area (Å²) in [7, 11) is 0. The van der Waals surface area contributed by atoms with Crippen molar-refractivity contribution in [1.29, 1.82) is 0 Å². The van der Waals surface area contributed by atoms with Gasteiger partial charge < -0.3 is 9.32 Å². The summed E-state index contributed by atoms with van der Waals surface area (Å²) >= 11 is 9.50. The quantitative estimate of drug-likeness (QED) is 0.213. The van der Waals surface area contributed by atoms with Gasteiger partial charge >= 0.3 is 0 Å². The van der Waals surface area contributed by atoms with Crippen molar-refractivity contribution in [2.45, 2.75) is 17.5 Å². The van der Waals surface area contributed by atoms with Gasteiger partial charge in [-0.25, -0.2) is 4.98 Å². The molecule has 198 valence electrons. The Morgan fingerprint density at radius 3 is 2.54 bits per heavy atom. The van der Waals surface area contributed by atoms with Gasteiger partial charge in [0.05, 0.1) is 22.7 Å². The molecule has 1 fully saturated rings. The Bertz CT molecular complexity index is 1550. The minimum atomic E-state index is -0.0128. The second-order valence-corrected chi connectivity index (χ2v) is 11.3. The number of hydrogen-bond acceptors (Lipinski definition) is 8. The first kappa shape index (κ1) is 25.8. The van der Waals surface area contributed by atoms with Gasteiger partial charge in [0.25, 0.3) is 5.91 Å². The fourth-order valence-electron chi connectivity index (χ4n) is 4.49. The first-order valence-electron chi connectivity index (χ1n) is 12.5. The van der Waals surface area contributed by atoms with Gasteiger partial charge in [-0.2, -0.15) is 0 Å². The van der Waals surface area contributed by atoms with Gasteiger partial charge in [0.15, 0.2) is 10.9 Å². The average Bonchev–Trinajstić information content (AvgIpc) is 3.74. The van der Waals surface area contributed by atoms with E-state index in [9.17, 15) is 4.79 Å². The summed E-state index contributed by atoms with van der Waals surface area (Å²) in [5, 5.41) is 12.7. The van der Waals surface area contributed by atoms with E-state index in [0.717, 1.165) is 30.3 Å². The van der Waals surface area contributed by atoms with Crippen molar-refractivity contribution in [3.05, 3.63) is 99.7 Å². The summed E-state index contributed by atoms with van der Waals surface area (Å²) in [6.45, 7) is 4.00. The molecule has 0 N–H and O–H groups in total.